The molecule has 0 aromatic heterocycles. The zero-order valence-electron chi connectivity index (χ0n) is 29.9. The van der Waals surface area contributed by atoms with Crippen LogP contribution >= 0.6 is 0 Å². The second-order valence-electron chi connectivity index (χ2n) is 12.3. The molecule has 0 atom stereocenters. The molecule has 0 aliphatic rings. The van der Waals surface area contributed by atoms with Crippen molar-refractivity contribution in [2.24, 2.45) is 0 Å². The molecule has 0 bridgehead atoms. The highest BCUT2D eigenvalue weighted by molar-refractivity contribution is 5.99. The molecule has 2 rings (SSSR count). The van der Waals surface area contributed by atoms with E-state index < -0.39 is 0 Å². The summed E-state index contributed by atoms with van der Waals surface area (Å²) in [5.74, 6) is 3.38. The molecule has 0 fully saturated rings. The first kappa shape index (κ1) is 39.3. The van der Waals surface area contributed by atoms with Gasteiger partial charge in [0.15, 0.2) is 28.8 Å². The molecular formula is C40H64O6. The first-order chi connectivity index (χ1) is 22.6. The molecule has 2 aromatic rings. The van der Waals surface area contributed by atoms with E-state index in [2.05, 4.69) is 27.7 Å². The number of aryl methyl sites for hydroxylation is 1. The zero-order chi connectivity index (χ0) is 33.2. The van der Waals surface area contributed by atoms with E-state index in [1.165, 1.54) is 51.4 Å². The topological polar surface area (TPSA) is 63.2 Å². The first-order valence-corrected chi connectivity index (χ1v) is 18.5. The van der Waals surface area contributed by atoms with Gasteiger partial charge in [0.2, 0.25) is 0 Å². The number of unbranched alkanes of at least 4 members (excludes halogenated alkanes) is 12. The van der Waals surface area contributed by atoms with Gasteiger partial charge >= 0.3 is 0 Å². The van der Waals surface area contributed by atoms with Crippen molar-refractivity contribution in [3.05, 3.63) is 41.5 Å². The number of carbonyl (C=O) groups excluding carboxylic acids is 1. The monoisotopic (exact) mass is 640 g/mol. The van der Waals surface area contributed by atoms with Crippen molar-refractivity contribution in [3.8, 4) is 28.7 Å². The Balaban J connectivity index is 2.25. The van der Waals surface area contributed by atoms with E-state index in [9.17, 15) is 4.79 Å². The number of rotatable bonds is 29. The van der Waals surface area contributed by atoms with Crippen molar-refractivity contribution in [2.45, 2.75) is 143 Å². The van der Waals surface area contributed by atoms with Gasteiger partial charge in [-0.05, 0) is 50.3 Å². The molecule has 0 radical (unpaired) electrons. The standard InChI is InChI=1S/C40H64O6/c1-6-10-14-18-27-43-34-31-33(39(38(32-34)42-5)45-29-20-16-12-8-3)25-26-36(41)35-23-22-24-37(44-28-19-15-11-7-2)40(35)46-30-21-17-13-9-4/h22-24,31-32H,6-21,25-30H2,1-5H3. The van der Waals surface area contributed by atoms with Gasteiger partial charge in [0.25, 0.3) is 0 Å². The molecule has 0 aliphatic heterocycles. The molecule has 0 heterocycles. The smallest absolute Gasteiger partial charge is 0.171 e. The summed E-state index contributed by atoms with van der Waals surface area (Å²) in [6, 6.07) is 9.64. The largest absolute Gasteiger partial charge is 0.493 e. The molecule has 0 amide bonds. The molecule has 6 heteroatoms. The second-order valence-corrected chi connectivity index (χ2v) is 12.3. The minimum atomic E-state index is 0.0266. The Bertz CT molecular complexity index is 1080. The molecule has 0 saturated heterocycles. The van der Waals surface area contributed by atoms with E-state index in [1.807, 2.05) is 30.3 Å². The SMILES string of the molecule is CCCCCCOc1cc(CCC(=O)c2cccc(OCCCCCC)c2OCCCCCC)c(OCCCCCC)c(OC)c1. The van der Waals surface area contributed by atoms with Gasteiger partial charge < -0.3 is 23.7 Å². The van der Waals surface area contributed by atoms with E-state index >= 15 is 0 Å². The van der Waals surface area contributed by atoms with Gasteiger partial charge in [-0.1, -0.05) is 111 Å². The van der Waals surface area contributed by atoms with Crippen LogP contribution in [0.5, 0.6) is 28.7 Å². The molecule has 0 spiro atoms. The fraction of sp³-hybridized carbons (Fsp3) is 0.675. The highest BCUT2D eigenvalue weighted by atomic mass is 16.5. The van der Waals surface area contributed by atoms with Crippen molar-refractivity contribution in [1.29, 1.82) is 0 Å². The molecule has 0 aliphatic carbocycles. The van der Waals surface area contributed by atoms with E-state index in [4.69, 9.17) is 23.7 Å². The summed E-state index contributed by atoms with van der Waals surface area (Å²) in [5, 5.41) is 0. The second kappa shape index (κ2) is 25.2. The molecule has 6 nitrogen and oxygen atoms in total. The quantitative estimate of drug-likeness (QED) is 0.0651. The van der Waals surface area contributed by atoms with Crippen molar-refractivity contribution < 1.29 is 28.5 Å². The molecule has 0 saturated carbocycles. The van der Waals surface area contributed by atoms with Crippen LogP contribution in [0.3, 0.4) is 0 Å². The predicted molar refractivity (Wildman–Crippen MR) is 191 cm³/mol. The maximum atomic E-state index is 13.9. The van der Waals surface area contributed by atoms with Gasteiger partial charge in [-0.25, -0.2) is 0 Å². The van der Waals surface area contributed by atoms with Gasteiger partial charge in [0, 0.05) is 18.1 Å². The number of methoxy groups -OCH3 is 1. The van der Waals surface area contributed by atoms with Crippen molar-refractivity contribution >= 4 is 5.78 Å². The fourth-order valence-corrected chi connectivity index (χ4v) is 5.43. The molecule has 2 aromatic carbocycles. The lowest BCUT2D eigenvalue weighted by atomic mass is 10.0. The normalized spacial score (nSPS) is 11.0. The Morgan fingerprint density at radius 2 is 1.09 bits per heavy atom. The number of carbonyl (C=O) groups is 1. The Labute approximate surface area is 280 Å². The van der Waals surface area contributed by atoms with Crippen LogP contribution in [0, 0.1) is 0 Å². The third-order valence-electron chi connectivity index (χ3n) is 8.24. The summed E-state index contributed by atoms with van der Waals surface area (Å²) in [4.78, 5) is 13.9. The van der Waals surface area contributed by atoms with Crippen LogP contribution in [0.2, 0.25) is 0 Å². The van der Waals surface area contributed by atoms with Crippen LogP contribution in [0.1, 0.15) is 153 Å². The lowest BCUT2D eigenvalue weighted by molar-refractivity contribution is 0.0977. The van der Waals surface area contributed by atoms with E-state index in [1.54, 1.807) is 7.11 Å². The average molecular weight is 641 g/mol. The van der Waals surface area contributed by atoms with Gasteiger partial charge in [-0.2, -0.15) is 0 Å². The lowest BCUT2D eigenvalue weighted by Crippen LogP contribution is -2.10. The summed E-state index contributed by atoms with van der Waals surface area (Å²) in [6.45, 7) is 11.3. The molecular weight excluding hydrogens is 576 g/mol. The Kier molecular flexibility index (Phi) is 21.5. The van der Waals surface area contributed by atoms with Crippen LogP contribution in [-0.4, -0.2) is 39.3 Å². The molecule has 0 unspecified atom stereocenters. The average Bonchev–Trinajstić information content (AvgIpc) is 3.07. The van der Waals surface area contributed by atoms with Gasteiger partial charge in [0.05, 0.1) is 39.1 Å². The van der Waals surface area contributed by atoms with Crippen molar-refractivity contribution in [2.75, 3.05) is 33.5 Å². The van der Waals surface area contributed by atoms with Crippen molar-refractivity contribution in [1.82, 2.24) is 0 Å². The first-order valence-electron chi connectivity index (χ1n) is 18.5. The minimum absolute atomic E-state index is 0.0266. The third-order valence-corrected chi connectivity index (χ3v) is 8.24. The number of ether oxygens (including phenoxy) is 5. The number of ketones is 1. The summed E-state index contributed by atoms with van der Waals surface area (Å²) < 4.78 is 30.7. The molecule has 0 N–H and O–H groups in total. The summed E-state index contributed by atoms with van der Waals surface area (Å²) in [6.07, 6.45) is 18.8. The summed E-state index contributed by atoms with van der Waals surface area (Å²) >= 11 is 0. The Morgan fingerprint density at radius 3 is 1.63 bits per heavy atom. The maximum absolute atomic E-state index is 13.9. The summed E-state index contributed by atoms with van der Waals surface area (Å²) in [5.41, 5.74) is 1.51. The number of benzene rings is 2. The third kappa shape index (κ3) is 15.1. The lowest BCUT2D eigenvalue weighted by Gasteiger charge is -2.18. The number of hydrogen-bond acceptors (Lipinski definition) is 6. The van der Waals surface area contributed by atoms with Crippen LogP contribution in [0.4, 0.5) is 0 Å². The highest BCUT2D eigenvalue weighted by Gasteiger charge is 2.20. The van der Waals surface area contributed by atoms with E-state index in [0.717, 1.165) is 62.7 Å². The molecule has 260 valence electrons. The van der Waals surface area contributed by atoms with Crippen molar-refractivity contribution in [3.63, 3.8) is 0 Å². The van der Waals surface area contributed by atoms with Crippen LogP contribution in [-0.2, 0) is 6.42 Å². The minimum Gasteiger partial charge on any atom is -0.493 e. The van der Waals surface area contributed by atoms with Crippen LogP contribution in [0.25, 0.3) is 0 Å². The van der Waals surface area contributed by atoms with Crippen LogP contribution < -0.4 is 23.7 Å². The van der Waals surface area contributed by atoms with Crippen LogP contribution in [0.15, 0.2) is 30.3 Å². The molecule has 46 heavy (non-hydrogen) atoms. The zero-order valence-corrected chi connectivity index (χ0v) is 29.9. The van der Waals surface area contributed by atoms with Gasteiger partial charge in [0.1, 0.15) is 5.75 Å². The van der Waals surface area contributed by atoms with Gasteiger partial charge in [-0.15, -0.1) is 0 Å². The predicted octanol–water partition coefficient (Wildman–Crippen LogP) is 11.3. The number of hydrogen-bond donors (Lipinski definition) is 0. The fourth-order valence-electron chi connectivity index (χ4n) is 5.43. The number of para-hydroxylation sites is 1. The highest BCUT2D eigenvalue weighted by Crippen LogP contribution is 2.38. The van der Waals surface area contributed by atoms with E-state index in [-0.39, 0.29) is 5.78 Å². The Hall–Kier alpha value is -2.89. The van der Waals surface area contributed by atoms with Gasteiger partial charge in [-0.3, -0.25) is 4.79 Å². The summed E-state index contributed by atoms with van der Waals surface area (Å²) in [7, 11) is 1.66. The van der Waals surface area contributed by atoms with E-state index in [0.29, 0.717) is 67.8 Å². The maximum Gasteiger partial charge on any atom is 0.171 e. The Morgan fingerprint density at radius 1 is 0.565 bits per heavy atom. The number of Topliss-reactive ketones (excluding diaryl/α,β-unsaturated/α-hetero) is 1.